The topological polar surface area (TPSA) is 34.9 Å². The van der Waals surface area contributed by atoms with Crippen molar-refractivity contribution in [3.63, 3.8) is 0 Å². The molecule has 0 unspecified atom stereocenters. The lowest BCUT2D eigenvalue weighted by Gasteiger charge is -2.14. The Kier molecular flexibility index (Phi) is 4.77. The van der Waals surface area contributed by atoms with Crippen molar-refractivity contribution in [1.29, 1.82) is 0 Å². The van der Waals surface area contributed by atoms with E-state index in [0.717, 1.165) is 40.6 Å². The van der Waals surface area contributed by atoms with Crippen LogP contribution in [0.1, 0.15) is 28.8 Å². The first-order valence-corrected chi connectivity index (χ1v) is 10.4. The second-order valence-electron chi connectivity index (χ2n) is 6.26. The molecule has 2 heterocycles. The monoisotopic (exact) mass is 368 g/mol. The number of nitrogens with zero attached hydrogens (tertiary/aromatic N) is 2. The molecule has 0 saturated carbocycles. The molecule has 0 radical (unpaired) electrons. The van der Waals surface area contributed by atoms with Gasteiger partial charge in [0.2, 0.25) is 5.43 Å². The minimum atomic E-state index is 0.146. The molecule has 4 rings (SSSR count). The van der Waals surface area contributed by atoms with Gasteiger partial charge in [-0.05, 0) is 31.2 Å². The second kappa shape index (κ2) is 7.18. The maximum atomic E-state index is 12.9. The molecule has 0 bridgehead atoms. The predicted octanol–water partition coefficient (Wildman–Crippen LogP) is 4.82. The SMILES string of the molecule is C=CCn1c(SCc2ccccc2)nc2c(=O)c3c(sc21)CCCC3. The van der Waals surface area contributed by atoms with Crippen LogP contribution in [0.15, 0.2) is 52.9 Å². The molecule has 0 fully saturated rings. The van der Waals surface area contributed by atoms with E-state index in [4.69, 9.17) is 4.98 Å². The summed E-state index contributed by atoms with van der Waals surface area (Å²) in [4.78, 5) is 19.9. The largest absolute Gasteiger partial charge is 0.307 e. The summed E-state index contributed by atoms with van der Waals surface area (Å²) in [6.07, 6.45) is 6.10. The molecule has 3 aromatic rings. The highest BCUT2D eigenvalue weighted by atomic mass is 32.2. The fraction of sp³-hybridized carbons (Fsp3) is 0.300. The summed E-state index contributed by atoms with van der Waals surface area (Å²) in [6, 6.07) is 10.4. The molecule has 2 aromatic heterocycles. The zero-order valence-corrected chi connectivity index (χ0v) is 15.7. The molecule has 3 nitrogen and oxygen atoms in total. The van der Waals surface area contributed by atoms with E-state index in [1.807, 2.05) is 12.1 Å². The molecule has 1 aliphatic rings. The maximum absolute atomic E-state index is 12.9. The Labute approximate surface area is 155 Å². The highest BCUT2D eigenvalue weighted by Crippen LogP contribution is 2.32. The van der Waals surface area contributed by atoms with Crippen LogP contribution < -0.4 is 5.43 Å². The second-order valence-corrected chi connectivity index (χ2v) is 8.29. The van der Waals surface area contributed by atoms with Gasteiger partial charge in [-0.1, -0.05) is 48.2 Å². The zero-order valence-electron chi connectivity index (χ0n) is 14.0. The molecular weight excluding hydrogens is 348 g/mol. The number of aryl methyl sites for hydroxylation is 1. The predicted molar refractivity (Wildman–Crippen MR) is 107 cm³/mol. The number of allylic oxidation sites excluding steroid dienone is 1. The molecule has 5 heteroatoms. The standard InChI is InChI=1S/C20H20N2OS2/c1-2-12-22-19-17(18(23)15-10-6-7-11-16(15)25-19)21-20(22)24-13-14-8-4-3-5-9-14/h2-5,8-9H,1,6-7,10-13H2. The Morgan fingerprint density at radius 1 is 1.24 bits per heavy atom. The van der Waals surface area contributed by atoms with Gasteiger partial charge in [0.25, 0.3) is 0 Å². The Morgan fingerprint density at radius 2 is 2.04 bits per heavy atom. The molecule has 0 amide bonds. The van der Waals surface area contributed by atoms with Crippen LogP contribution in [0.4, 0.5) is 0 Å². The van der Waals surface area contributed by atoms with Crippen molar-refractivity contribution in [3.05, 3.63) is 69.2 Å². The van der Waals surface area contributed by atoms with E-state index in [9.17, 15) is 4.79 Å². The van der Waals surface area contributed by atoms with E-state index < -0.39 is 0 Å². The average Bonchev–Trinajstić information content (AvgIpc) is 3.00. The van der Waals surface area contributed by atoms with Gasteiger partial charge < -0.3 is 4.57 Å². The van der Waals surface area contributed by atoms with E-state index in [0.29, 0.717) is 12.1 Å². The molecule has 1 aliphatic carbocycles. The minimum absolute atomic E-state index is 0.146. The summed E-state index contributed by atoms with van der Waals surface area (Å²) in [5, 5.41) is 0.912. The number of rotatable bonds is 5. The molecular formula is C20H20N2OS2. The number of thioether (sulfide) groups is 1. The van der Waals surface area contributed by atoms with Crippen molar-refractivity contribution in [1.82, 2.24) is 9.55 Å². The van der Waals surface area contributed by atoms with Gasteiger partial charge in [0.15, 0.2) is 5.16 Å². The number of fused-ring (bicyclic) bond motifs is 2. The van der Waals surface area contributed by atoms with Gasteiger partial charge in [0.05, 0.1) is 0 Å². The summed E-state index contributed by atoms with van der Waals surface area (Å²) < 4.78 is 2.15. The fourth-order valence-corrected chi connectivity index (χ4v) is 5.61. The van der Waals surface area contributed by atoms with Gasteiger partial charge in [0, 0.05) is 22.7 Å². The number of benzene rings is 1. The van der Waals surface area contributed by atoms with Gasteiger partial charge in [-0.25, -0.2) is 4.98 Å². The molecule has 128 valence electrons. The van der Waals surface area contributed by atoms with Crippen molar-refractivity contribution in [2.24, 2.45) is 0 Å². The van der Waals surface area contributed by atoms with Crippen LogP contribution in [-0.2, 0) is 25.1 Å². The summed E-state index contributed by atoms with van der Waals surface area (Å²) in [5.74, 6) is 0.847. The van der Waals surface area contributed by atoms with E-state index in [-0.39, 0.29) is 5.43 Å². The smallest absolute Gasteiger partial charge is 0.211 e. The van der Waals surface area contributed by atoms with Crippen LogP contribution in [-0.4, -0.2) is 9.55 Å². The van der Waals surface area contributed by atoms with Gasteiger partial charge in [-0.15, -0.1) is 17.9 Å². The first kappa shape index (κ1) is 16.6. The lowest BCUT2D eigenvalue weighted by atomic mass is 9.98. The van der Waals surface area contributed by atoms with E-state index in [1.165, 1.54) is 16.9 Å². The summed E-state index contributed by atoms with van der Waals surface area (Å²) in [6.45, 7) is 4.56. The third-order valence-corrected chi connectivity index (χ3v) is 6.89. The van der Waals surface area contributed by atoms with Gasteiger partial charge in [-0.3, -0.25) is 4.79 Å². The van der Waals surface area contributed by atoms with Crippen molar-refractivity contribution in [3.8, 4) is 0 Å². The Bertz CT molecular complexity index is 973. The quantitative estimate of drug-likeness (QED) is 0.478. The number of hydrogen-bond acceptors (Lipinski definition) is 4. The molecule has 0 atom stereocenters. The molecule has 25 heavy (non-hydrogen) atoms. The van der Waals surface area contributed by atoms with E-state index in [1.54, 1.807) is 23.1 Å². The highest BCUT2D eigenvalue weighted by Gasteiger charge is 2.21. The van der Waals surface area contributed by atoms with Crippen molar-refractivity contribution in [2.75, 3.05) is 0 Å². The van der Waals surface area contributed by atoms with Crippen molar-refractivity contribution in [2.45, 2.75) is 43.1 Å². The summed E-state index contributed by atoms with van der Waals surface area (Å²) in [7, 11) is 0. The van der Waals surface area contributed by atoms with Crippen molar-refractivity contribution >= 4 is 33.4 Å². The van der Waals surface area contributed by atoms with E-state index in [2.05, 4.69) is 35.4 Å². The van der Waals surface area contributed by atoms with Gasteiger partial charge in [0.1, 0.15) is 10.3 Å². The van der Waals surface area contributed by atoms with E-state index >= 15 is 0 Å². The normalized spacial score (nSPS) is 13.8. The number of aromatic nitrogens is 2. The van der Waals surface area contributed by atoms with Crippen LogP contribution in [0.2, 0.25) is 0 Å². The average molecular weight is 369 g/mol. The van der Waals surface area contributed by atoms with Crippen LogP contribution in [0, 0.1) is 0 Å². The maximum Gasteiger partial charge on any atom is 0.211 e. The Morgan fingerprint density at radius 3 is 2.84 bits per heavy atom. The van der Waals surface area contributed by atoms with Crippen LogP contribution in [0.5, 0.6) is 0 Å². The first-order valence-electron chi connectivity index (χ1n) is 8.60. The lowest BCUT2D eigenvalue weighted by Crippen LogP contribution is -2.15. The third-order valence-electron chi connectivity index (χ3n) is 4.53. The number of imidazole rings is 1. The van der Waals surface area contributed by atoms with Gasteiger partial charge in [-0.2, -0.15) is 0 Å². The van der Waals surface area contributed by atoms with Crippen LogP contribution in [0.3, 0.4) is 0 Å². The highest BCUT2D eigenvalue weighted by molar-refractivity contribution is 7.98. The van der Waals surface area contributed by atoms with Crippen LogP contribution >= 0.6 is 23.1 Å². The fourth-order valence-electron chi connectivity index (χ4n) is 3.28. The summed E-state index contributed by atoms with van der Waals surface area (Å²) in [5.41, 5.74) is 3.05. The molecule has 1 aromatic carbocycles. The third kappa shape index (κ3) is 3.18. The zero-order chi connectivity index (χ0) is 17.2. The van der Waals surface area contributed by atoms with Gasteiger partial charge >= 0.3 is 0 Å². The Hall–Kier alpha value is -1.85. The number of hydrogen-bond donors (Lipinski definition) is 0. The van der Waals surface area contributed by atoms with Crippen LogP contribution in [0.25, 0.3) is 10.3 Å². The summed E-state index contributed by atoms with van der Waals surface area (Å²) >= 11 is 3.44. The first-order chi connectivity index (χ1) is 12.3. The minimum Gasteiger partial charge on any atom is -0.307 e. The molecule has 0 spiro atoms. The molecule has 0 aliphatic heterocycles. The molecule has 0 saturated heterocycles. The lowest BCUT2D eigenvalue weighted by molar-refractivity contribution is 0.692. The molecule has 0 N–H and O–H groups in total. The van der Waals surface area contributed by atoms with Crippen molar-refractivity contribution < 1.29 is 0 Å². The Balaban J connectivity index is 1.78.